The van der Waals surface area contributed by atoms with Crippen molar-refractivity contribution in [3.05, 3.63) is 23.8 Å². The van der Waals surface area contributed by atoms with Crippen molar-refractivity contribution in [2.75, 3.05) is 20.3 Å². The summed E-state index contributed by atoms with van der Waals surface area (Å²) in [6.45, 7) is 3.13. The number of benzene rings is 1. The van der Waals surface area contributed by atoms with Gasteiger partial charge in [-0.05, 0) is 43.9 Å². The van der Waals surface area contributed by atoms with Crippen molar-refractivity contribution in [3.8, 4) is 11.5 Å². The van der Waals surface area contributed by atoms with Crippen molar-refractivity contribution in [2.24, 2.45) is 0 Å². The number of aliphatic hydroxyl groups is 1. The average molecular weight is 279 g/mol. The lowest BCUT2D eigenvalue weighted by molar-refractivity contribution is 0.253. The van der Waals surface area contributed by atoms with Crippen LogP contribution in [0.3, 0.4) is 0 Å². The first-order chi connectivity index (χ1) is 9.78. The van der Waals surface area contributed by atoms with E-state index >= 15 is 0 Å². The Bertz CT molecular complexity index is 422. The van der Waals surface area contributed by atoms with E-state index in [0.717, 1.165) is 43.8 Å². The maximum absolute atomic E-state index is 9.15. The second kappa shape index (κ2) is 7.50. The Morgan fingerprint density at radius 3 is 3.05 bits per heavy atom. The van der Waals surface area contributed by atoms with Gasteiger partial charge in [-0.25, -0.2) is 0 Å². The highest BCUT2D eigenvalue weighted by molar-refractivity contribution is 5.42. The van der Waals surface area contributed by atoms with Crippen LogP contribution in [0.25, 0.3) is 0 Å². The molecular weight excluding hydrogens is 254 g/mol. The average Bonchev–Trinajstić information content (AvgIpc) is 2.68. The predicted molar refractivity (Wildman–Crippen MR) is 79.4 cm³/mol. The van der Waals surface area contributed by atoms with Crippen molar-refractivity contribution in [1.29, 1.82) is 0 Å². The first-order valence-electron chi connectivity index (χ1n) is 7.46. The standard InChI is InChI=1S/C16H25NO3/c1-3-12(8-9-18)17-15-5-4-10-20-16-7-6-13(19-2)11-14(15)16/h6-7,11-12,15,17-18H,3-5,8-10H2,1-2H3. The Balaban J connectivity index is 2.20. The summed E-state index contributed by atoms with van der Waals surface area (Å²) in [4.78, 5) is 0. The molecule has 112 valence electrons. The van der Waals surface area contributed by atoms with Gasteiger partial charge in [0.15, 0.2) is 0 Å². The minimum atomic E-state index is 0.222. The summed E-state index contributed by atoms with van der Waals surface area (Å²) in [5.74, 6) is 1.80. The molecule has 4 nitrogen and oxygen atoms in total. The summed E-state index contributed by atoms with van der Waals surface area (Å²) in [6, 6.07) is 6.58. The highest BCUT2D eigenvalue weighted by Gasteiger charge is 2.22. The molecular formula is C16H25NO3. The smallest absolute Gasteiger partial charge is 0.124 e. The van der Waals surface area contributed by atoms with Gasteiger partial charge in [0.05, 0.1) is 13.7 Å². The van der Waals surface area contributed by atoms with Crippen LogP contribution < -0.4 is 14.8 Å². The first kappa shape index (κ1) is 15.1. The lowest BCUT2D eigenvalue weighted by atomic mass is 9.99. The molecule has 1 aliphatic rings. The van der Waals surface area contributed by atoms with E-state index in [1.54, 1.807) is 7.11 Å². The van der Waals surface area contributed by atoms with Crippen LogP contribution in [0.4, 0.5) is 0 Å². The molecule has 1 aromatic rings. The predicted octanol–water partition coefficient (Wildman–Crippen LogP) is 2.66. The zero-order valence-corrected chi connectivity index (χ0v) is 12.4. The number of hydrogen-bond acceptors (Lipinski definition) is 4. The fourth-order valence-corrected chi connectivity index (χ4v) is 2.70. The summed E-state index contributed by atoms with van der Waals surface area (Å²) in [7, 11) is 1.68. The van der Waals surface area contributed by atoms with Gasteiger partial charge in [0.1, 0.15) is 11.5 Å². The minimum absolute atomic E-state index is 0.222. The normalized spacial score (nSPS) is 19.6. The Morgan fingerprint density at radius 2 is 2.35 bits per heavy atom. The molecule has 2 unspecified atom stereocenters. The van der Waals surface area contributed by atoms with Crippen molar-refractivity contribution < 1.29 is 14.6 Å². The fourth-order valence-electron chi connectivity index (χ4n) is 2.70. The molecule has 4 heteroatoms. The lowest BCUT2D eigenvalue weighted by Crippen LogP contribution is -2.33. The summed E-state index contributed by atoms with van der Waals surface area (Å²) in [5, 5.41) is 12.8. The van der Waals surface area contributed by atoms with Crippen LogP contribution in [0.15, 0.2) is 18.2 Å². The number of methoxy groups -OCH3 is 1. The van der Waals surface area contributed by atoms with E-state index in [2.05, 4.69) is 18.3 Å². The molecule has 0 saturated heterocycles. The summed E-state index contributed by atoms with van der Waals surface area (Å²) >= 11 is 0. The largest absolute Gasteiger partial charge is 0.497 e. The van der Waals surface area contributed by atoms with Gasteiger partial charge in [0.25, 0.3) is 0 Å². The van der Waals surface area contributed by atoms with E-state index in [-0.39, 0.29) is 12.6 Å². The van der Waals surface area contributed by atoms with Gasteiger partial charge in [-0.15, -0.1) is 0 Å². The lowest BCUT2D eigenvalue weighted by Gasteiger charge is -2.25. The van der Waals surface area contributed by atoms with Crippen molar-refractivity contribution in [3.63, 3.8) is 0 Å². The van der Waals surface area contributed by atoms with E-state index in [9.17, 15) is 0 Å². The van der Waals surface area contributed by atoms with Gasteiger partial charge >= 0.3 is 0 Å². The number of ether oxygens (including phenoxy) is 2. The second-order valence-electron chi connectivity index (χ2n) is 5.23. The summed E-state index contributed by atoms with van der Waals surface area (Å²) < 4.78 is 11.1. The molecule has 0 spiro atoms. The number of nitrogens with one attached hydrogen (secondary N) is 1. The van der Waals surface area contributed by atoms with Crippen LogP contribution >= 0.6 is 0 Å². The third-order valence-corrected chi connectivity index (χ3v) is 3.89. The fraction of sp³-hybridized carbons (Fsp3) is 0.625. The monoisotopic (exact) mass is 279 g/mol. The molecule has 2 atom stereocenters. The van der Waals surface area contributed by atoms with Crippen LogP contribution in [0.1, 0.15) is 44.2 Å². The van der Waals surface area contributed by atoms with Crippen LogP contribution in [0.2, 0.25) is 0 Å². The van der Waals surface area contributed by atoms with E-state index in [4.69, 9.17) is 14.6 Å². The number of fused-ring (bicyclic) bond motifs is 1. The van der Waals surface area contributed by atoms with Crippen LogP contribution in [-0.4, -0.2) is 31.5 Å². The number of rotatable bonds is 6. The molecule has 0 bridgehead atoms. The highest BCUT2D eigenvalue weighted by Crippen LogP contribution is 2.34. The molecule has 1 aromatic carbocycles. The Labute approximate surface area is 121 Å². The molecule has 2 N–H and O–H groups in total. The van der Waals surface area contributed by atoms with Gasteiger partial charge in [0, 0.05) is 24.3 Å². The van der Waals surface area contributed by atoms with Crippen LogP contribution in [0, 0.1) is 0 Å². The molecule has 0 aromatic heterocycles. The van der Waals surface area contributed by atoms with E-state index in [1.165, 1.54) is 5.56 Å². The molecule has 2 rings (SSSR count). The van der Waals surface area contributed by atoms with Gasteiger partial charge in [-0.2, -0.15) is 0 Å². The van der Waals surface area contributed by atoms with E-state index in [1.807, 2.05) is 12.1 Å². The quantitative estimate of drug-likeness (QED) is 0.840. The minimum Gasteiger partial charge on any atom is -0.497 e. The topological polar surface area (TPSA) is 50.7 Å². The zero-order chi connectivity index (χ0) is 14.4. The maximum atomic E-state index is 9.15. The third kappa shape index (κ3) is 3.64. The highest BCUT2D eigenvalue weighted by atomic mass is 16.5. The summed E-state index contributed by atoms with van der Waals surface area (Å²) in [6.07, 6.45) is 3.87. The van der Waals surface area contributed by atoms with E-state index in [0.29, 0.717) is 6.04 Å². The third-order valence-electron chi connectivity index (χ3n) is 3.89. The number of hydrogen-bond donors (Lipinski definition) is 2. The molecule has 1 heterocycles. The molecule has 0 aliphatic carbocycles. The molecule has 0 radical (unpaired) electrons. The van der Waals surface area contributed by atoms with E-state index < -0.39 is 0 Å². The van der Waals surface area contributed by atoms with Crippen molar-refractivity contribution >= 4 is 0 Å². The van der Waals surface area contributed by atoms with Gasteiger partial charge in [-0.3, -0.25) is 0 Å². The zero-order valence-electron chi connectivity index (χ0n) is 12.4. The SMILES string of the molecule is CCC(CCO)NC1CCCOc2ccc(OC)cc21. The molecule has 0 amide bonds. The van der Waals surface area contributed by atoms with Crippen molar-refractivity contribution in [1.82, 2.24) is 5.32 Å². The van der Waals surface area contributed by atoms with Gasteiger partial charge in [-0.1, -0.05) is 6.92 Å². The summed E-state index contributed by atoms with van der Waals surface area (Å²) in [5.41, 5.74) is 1.17. The Hall–Kier alpha value is -1.26. The molecule has 0 fully saturated rings. The van der Waals surface area contributed by atoms with Crippen LogP contribution in [-0.2, 0) is 0 Å². The van der Waals surface area contributed by atoms with Gasteiger partial charge in [0.2, 0.25) is 0 Å². The Morgan fingerprint density at radius 1 is 1.50 bits per heavy atom. The molecule has 0 saturated carbocycles. The van der Waals surface area contributed by atoms with Crippen LogP contribution in [0.5, 0.6) is 11.5 Å². The van der Waals surface area contributed by atoms with Gasteiger partial charge < -0.3 is 19.9 Å². The molecule has 1 aliphatic heterocycles. The Kier molecular flexibility index (Phi) is 5.68. The van der Waals surface area contributed by atoms with Crippen molar-refractivity contribution in [2.45, 2.75) is 44.7 Å². The second-order valence-corrected chi connectivity index (χ2v) is 5.23. The first-order valence-corrected chi connectivity index (χ1v) is 7.46. The molecule has 20 heavy (non-hydrogen) atoms. The maximum Gasteiger partial charge on any atom is 0.124 e. The number of aliphatic hydroxyl groups excluding tert-OH is 1.